The number of nitrogens with zero attached hydrogens (tertiary/aromatic N) is 1. The lowest BCUT2D eigenvalue weighted by molar-refractivity contribution is 0.0527. The zero-order valence-corrected chi connectivity index (χ0v) is 15.2. The maximum absolute atomic E-state index is 11.5. The van der Waals surface area contributed by atoms with Crippen LogP contribution in [0, 0.1) is 5.92 Å². The topological polar surface area (TPSA) is 74.8 Å². The molecule has 0 bridgehead atoms. The zero-order valence-electron chi connectivity index (χ0n) is 15.2. The number of ether oxygens (including phenoxy) is 1. The minimum absolute atomic E-state index is 0.369. The summed E-state index contributed by atoms with van der Waals surface area (Å²) in [7, 11) is 0. The van der Waals surface area contributed by atoms with Crippen LogP contribution in [-0.2, 0) is 4.74 Å². The van der Waals surface area contributed by atoms with Crippen molar-refractivity contribution in [1.29, 1.82) is 0 Å². The predicted octanol–water partition coefficient (Wildman–Crippen LogP) is 2.65. The first kappa shape index (κ1) is 19.6. The van der Waals surface area contributed by atoms with E-state index in [1.165, 1.54) is 25.7 Å². The van der Waals surface area contributed by atoms with Gasteiger partial charge in [-0.3, -0.25) is 4.99 Å². The van der Waals surface area contributed by atoms with Crippen molar-refractivity contribution in [3.8, 4) is 0 Å². The number of nitrogens with one attached hydrogen (secondary N) is 3. The predicted molar refractivity (Wildman–Crippen MR) is 94.8 cm³/mol. The number of rotatable bonds is 9. The van der Waals surface area contributed by atoms with E-state index in [1.54, 1.807) is 0 Å². The van der Waals surface area contributed by atoms with Gasteiger partial charge in [0.25, 0.3) is 0 Å². The summed E-state index contributed by atoms with van der Waals surface area (Å²) in [5.41, 5.74) is -0.454. The Hall–Kier alpha value is -1.46. The van der Waals surface area contributed by atoms with Gasteiger partial charge >= 0.3 is 6.09 Å². The Balaban J connectivity index is 2.10. The van der Waals surface area contributed by atoms with E-state index in [9.17, 15) is 4.79 Å². The molecule has 0 saturated heterocycles. The average Bonchev–Trinajstić information content (AvgIpc) is 3.25. The molecule has 0 aromatic heterocycles. The molecule has 1 fully saturated rings. The van der Waals surface area contributed by atoms with Crippen molar-refractivity contribution in [2.75, 3.05) is 26.2 Å². The van der Waals surface area contributed by atoms with Gasteiger partial charge in [-0.1, -0.05) is 12.8 Å². The van der Waals surface area contributed by atoms with Crippen molar-refractivity contribution in [1.82, 2.24) is 16.0 Å². The maximum atomic E-state index is 11.5. The van der Waals surface area contributed by atoms with Crippen molar-refractivity contribution in [3.63, 3.8) is 0 Å². The van der Waals surface area contributed by atoms with E-state index in [-0.39, 0.29) is 6.09 Å². The van der Waals surface area contributed by atoms with E-state index in [0.29, 0.717) is 13.1 Å². The summed E-state index contributed by atoms with van der Waals surface area (Å²) in [5.74, 6) is 1.84. The Bertz CT molecular complexity index is 373. The third-order valence-electron chi connectivity index (χ3n) is 3.40. The molecule has 6 heteroatoms. The van der Waals surface area contributed by atoms with Crippen LogP contribution in [0.15, 0.2) is 4.99 Å². The number of guanidine groups is 1. The molecule has 6 nitrogen and oxygen atoms in total. The van der Waals surface area contributed by atoms with Crippen molar-refractivity contribution in [3.05, 3.63) is 0 Å². The smallest absolute Gasteiger partial charge is 0.407 e. The fourth-order valence-electron chi connectivity index (χ4n) is 2.12. The van der Waals surface area contributed by atoms with E-state index in [2.05, 4.69) is 27.9 Å². The summed E-state index contributed by atoms with van der Waals surface area (Å²) in [5, 5.41) is 9.35. The Morgan fingerprint density at radius 1 is 1.13 bits per heavy atom. The molecular weight excluding hydrogens is 292 g/mol. The summed E-state index contributed by atoms with van der Waals surface area (Å²) >= 11 is 0. The first-order valence-corrected chi connectivity index (χ1v) is 8.89. The molecular formula is C17H34N4O2. The third kappa shape index (κ3) is 11.7. The molecule has 0 radical (unpaired) electrons. The fraction of sp³-hybridized carbons (Fsp3) is 0.882. The van der Waals surface area contributed by atoms with Gasteiger partial charge in [0.2, 0.25) is 0 Å². The van der Waals surface area contributed by atoms with E-state index >= 15 is 0 Å². The normalized spacial score (nSPS) is 15.2. The van der Waals surface area contributed by atoms with E-state index < -0.39 is 5.60 Å². The van der Waals surface area contributed by atoms with Gasteiger partial charge in [-0.15, -0.1) is 0 Å². The number of carbonyl (C=O) groups is 1. The molecule has 1 aliphatic carbocycles. The minimum Gasteiger partial charge on any atom is -0.444 e. The molecule has 23 heavy (non-hydrogen) atoms. The highest BCUT2D eigenvalue weighted by Crippen LogP contribution is 2.33. The summed E-state index contributed by atoms with van der Waals surface area (Å²) in [6.45, 7) is 10.7. The summed E-state index contributed by atoms with van der Waals surface area (Å²) in [6, 6.07) is 0. The number of hydrogen-bond donors (Lipinski definition) is 3. The molecule has 134 valence electrons. The van der Waals surface area contributed by atoms with Crippen LogP contribution in [-0.4, -0.2) is 43.8 Å². The Morgan fingerprint density at radius 3 is 2.43 bits per heavy atom. The molecule has 0 aromatic rings. The molecule has 0 unspecified atom stereocenters. The molecule has 0 aromatic carbocycles. The van der Waals surface area contributed by atoms with Crippen molar-refractivity contribution in [2.24, 2.45) is 10.9 Å². The van der Waals surface area contributed by atoms with Crippen LogP contribution in [0.4, 0.5) is 4.79 Å². The van der Waals surface area contributed by atoms with Gasteiger partial charge in [0, 0.05) is 26.2 Å². The van der Waals surface area contributed by atoms with E-state index in [1.807, 2.05) is 20.8 Å². The molecule has 3 N–H and O–H groups in total. The molecule has 0 atom stereocenters. The Labute approximate surface area is 140 Å². The second-order valence-corrected chi connectivity index (χ2v) is 7.06. The standard InChI is InChI=1S/C17H34N4O2/c1-5-18-15(19-11-6-8-14-9-10-14)20-12-7-13-21-16(22)23-17(2,3)4/h14H,5-13H2,1-4H3,(H,21,22)(H2,18,19,20). The van der Waals surface area contributed by atoms with Gasteiger partial charge < -0.3 is 20.7 Å². The summed E-state index contributed by atoms with van der Waals surface area (Å²) in [6.07, 6.45) is 5.78. The lowest BCUT2D eigenvalue weighted by Gasteiger charge is -2.19. The number of hydrogen-bond acceptors (Lipinski definition) is 3. The highest BCUT2D eigenvalue weighted by Gasteiger charge is 2.20. The first-order chi connectivity index (χ1) is 10.9. The fourth-order valence-corrected chi connectivity index (χ4v) is 2.12. The van der Waals surface area contributed by atoms with Crippen LogP contribution < -0.4 is 16.0 Å². The van der Waals surface area contributed by atoms with Crippen molar-refractivity contribution >= 4 is 12.1 Å². The van der Waals surface area contributed by atoms with Crippen LogP contribution >= 0.6 is 0 Å². The number of carbonyl (C=O) groups excluding carboxylic acids is 1. The molecule has 1 amide bonds. The molecule has 0 aliphatic heterocycles. The molecule has 0 spiro atoms. The lowest BCUT2D eigenvalue weighted by atomic mass is 10.2. The summed E-state index contributed by atoms with van der Waals surface area (Å²) < 4.78 is 5.18. The number of aliphatic imine (C=N–C) groups is 1. The second-order valence-electron chi connectivity index (χ2n) is 7.06. The summed E-state index contributed by atoms with van der Waals surface area (Å²) in [4.78, 5) is 16.0. The number of alkyl carbamates (subject to hydrolysis) is 1. The van der Waals surface area contributed by atoms with Crippen LogP contribution in [0.1, 0.15) is 59.8 Å². The quantitative estimate of drug-likeness (QED) is 0.346. The van der Waals surface area contributed by atoms with Crippen LogP contribution in [0.3, 0.4) is 0 Å². The van der Waals surface area contributed by atoms with Gasteiger partial charge in [0.15, 0.2) is 5.96 Å². The SMILES string of the molecule is CCNC(=NCCCNC(=O)OC(C)(C)C)NCCCC1CC1. The Morgan fingerprint density at radius 2 is 1.83 bits per heavy atom. The molecule has 1 rings (SSSR count). The molecule has 1 saturated carbocycles. The zero-order chi connectivity index (χ0) is 17.1. The van der Waals surface area contributed by atoms with Gasteiger partial charge in [0.05, 0.1) is 0 Å². The molecule has 1 aliphatic rings. The van der Waals surface area contributed by atoms with Gasteiger partial charge in [-0.25, -0.2) is 4.79 Å². The second kappa shape index (κ2) is 10.3. The van der Waals surface area contributed by atoms with Crippen molar-refractivity contribution in [2.45, 2.75) is 65.4 Å². The minimum atomic E-state index is -0.454. The van der Waals surface area contributed by atoms with Gasteiger partial charge in [-0.05, 0) is 52.9 Å². The Kier molecular flexibility index (Phi) is 8.81. The van der Waals surface area contributed by atoms with Crippen LogP contribution in [0.5, 0.6) is 0 Å². The molecule has 0 heterocycles. The highest BCUT2D eigenvalue weighted by atomic mass is 16.6. The lowest BCUT2D eigenvalue weighted by Crippen LogP contribution is -2.38. The monoisotopic (exact) mass is 326 g/mol. The van der Waals surface area contributed by atoms with Crippen molar-refractivity contribution < 1.29 is 9.53 Å². The van der Waals surface area contributed by atoms with Gasteiger partial charge in [0.1, 0.15) is 5.60 Å². The van der Waals surface area contributed by atoms with E-state index in [0.717, 1.165) is 31.4 Å². The number of amides is 1. The highest BCUT2D eigenvalue weighted by molar-refractivity contribution is 5.79. The largest absolute Gasteiger partial charge is 0.444 e. The van der Waals surface area contributed by atoms with Crippen LogP contribution in [0.25, 0.3) is 0 Å². The first-order valence-electron chi connectivity index (χ1n) is 8.89. The average molecular weight is 326 g/mol. The van der Waals surface area contributed by atoms with Gasteiger partial charge in [-0.2, -0.15) is 0 Å². The maximum Gasteiger partial charge on any atom is 0.407 e. The van der Waals surface area contributed by atoms with Crippen LogP contribution in [0.2, 0.25) is 0 Å². The van der Waals surface area contributed by atoms with E-state index in [4.69, 9.17) is 4.74 Å². The third-order valence-corrected chi connectivity index (χ3v) is 3.40.